The maximum atomic E-state index is 8.72. The Morgan fingerprint density at radius 3 is 3.00 bits per heavy atom. The fourth-order valence-electron chi connectivity index (χ4n) is 1.39. The summed E-state index contributed by atoms with van der Waals surface area (Å²) in [5.74, 6) is 1.06. The lowest BCUT2D eigenvalue weighted by atomic mass is 10.1. The molecule has 1 N–H and O–H groups in total. The number of benzene rings is 1. The molecule has 0 aliphatic rings. The second-order valence-electron chi connectivity index (χ2n) is 3.38. The quantitative estimate of drug-likeness (QED) is 0.883. The molecule has 0 saturated carbocycles. The van der Waals surface area contributed by atoms with Crippen LogP contribution in [-0.4, -0.2) is 21.9 Å². The minimum Gasteiger partial charge on any atom is -0.396 e. The molecule has 0 saturated heterocycles. The average molecular weight is 239 g/mol. The number of hydrogen-bond donors (Lipinski definition) is 1. The fraction of sp³-hybridized carbons (Fsp3) is 0.273. The van der Waals surface area contributed by atoms with Gasteiger partial charge in [0.2, 0.25) is 5.89 Å². The summed E-state index contributed by atoms with van der Waals surface area (Å²) in [5, 5.41) is 13.1. The average Bonchev–Trinajstić information content (AvgIpc) is 2.66. The molecule has 0 unspecified atom stereocenters. The summed E-state index contributed by atoms with van der Waals surface area (Å²) < 4.78 is 5.05. The zero-order valence-corrected chi connectivity index (χ0v) is 9.31. The second-order valence-corrected chi connectivity index (χ2v) is 3.82. The summed E-state index contributed by atoms with van der Waals surface area (Å²) in [6.07, 6.45) is 0.970. The van der Waals surface area contributed by atoms with Crippen molar-refractivity contribution in [3.05, 3.63) is 46.6 Å². The molecular formula is C11H11ClN2O2. The summed E-state index contributed by atoms with van der Waals surface area (Å²) in [6, 6.07) is 7.50. The van der Waals surface area contributed by atoms with Gasteiger partial charge >= 0.3 is 0 Å². The van der Waals surface area contributed by atoms with E-state index in [4.69, 9.17) is 21.2 Å². The molecule has 0 atom stereocenters. The van der Waals surface area contributed by atoms with Crippen LogP contribution in [0.2, 0.25) is 5.02 Å². The maximum Gasteiger partial charge on any atom is 0.231 e. The van der Waals surface area contributed by atoms with E-state index in [0.29, 0.717) is 29.6 Å². The summed E-state index contributed by atoms with van der Waals surface area (Å²) in [4.78, 5) is 4.14. The first-order chi connectivity index (χ1) is 7.78. The van der Waals surface area contributed by atoms with Gasteiger partial charge in [-0.1, -0.05) is 28.9 Å². The number of hydrogen-bond acceptors (Lipinski definition) is 4. The number of rotatable bonds is 4. The highest BCUT2D eigenvalue weighted by Gasteiger charge is 2.06. The number of nitrogens with zero attached hydrogens (tertiary/aromatic N) is 2. The SMILES string of the molecule is OCCc1noc(Cc2cccc(Cl)c2)n1. The van der Waals surface area contributed by atoms with Crippen molar-refractivity contribution in [1.29, 1.82) is 0 Å². The van der Waals surface area contributed by atoms with E-state index < -0.39 is 0 Å². The topological polar surface area (TPSA) is 59.2 Å². The van der Waals surface area contributed by atoms with Crippen LogP contribution in [0.3, 0.4) is 0 Å². The molecule has 16 heavy (non-hydrogen) atoms. The van der Waals surface area contributed by atoms with E-state index in [0.717, 1.165) is 5.56 Å². The highest BCUT2D eigenvalue weighted by molar-refractivity contribution is 6.30. The van der Waals surface area contributed by atoms with Gasteiger partial charge in [-0.3, -0.25) is 0 Å². The summed E-state index contributed by atoms with van der Waals surface area (Å²) in [5.41, 5.74) is 1.02. The van der Waals surface area contributed by atoms with E-state index >= 15 is 0 Å². The molecule has 0 spiro atoms. The van der Waals surface area contributed by atoms with Crippen LogP contribution in [0.15, 0.2) is 28.8 Å². The van der Waals surface area contributed by atoms with Crippen LogP contribution < -0.4 is 0 Å². The van der Waals surface area contributed by atoms with Crippen LogP contribution in [0.25, 0.3) is 0 Å². The van der Waals surface area contributed by atoms with Gasteiger partial charge in [0.25, 0.3) is 0 Å². The minimum absolute atomic E-state index is 0.0239. The third-order valence-electron chi connectivity index (χ3n) is 2.09. The minimum atomic E-state index is 0.0239. The summed E-state index contributed by atoms with van der Waals surface area (Å²) in [7, 11) is 0. The van der Waals surface area contributed by atoms with Gasteiger partial charge in [0.15, 0.2) is 5.82 Å². The van der Waals surface area contributed by atoms with Crippen molar-refractivity contribution in [2.24, 2.45) is 0 Å². The molecule has 84 valence electrons. The van der Waals surface area contributed by atoms with Crippen molar-refractivity contribution in [2.45, 2.75) is 12.8 Å². The molecule has 1 heterocycles. The Morgan fingerprint density at radius 1 is 1.38 bits per heavy atom. The van der Waals surface area contributed by atoms with Gasteiger partial charge in [-0.2, -0.15) is 4.98 Å². The Bertz CT molecular complexity index is 471. The van der Waals surface area contributed by atoms with Crippen molar-refractivity contribution < 1.29 is 9.63 Å². The molecule has 0 aliphatic heterocycles. The molecule has 1 aromatic heterocycles. The van der Waals surface area contributed by atoms with E-state index in [9.17, 15) is 0 Å². The number of halogens is 1. The van der Waals surface area contributed by atoms with Crippen molar-refractivity contribution in [3.63, 3.8) is 0 Å². The Kier molecular flexibility index (Phi) is 3.54. The van der Waals surface area contributed by atoms with Crippen molar-refractivity contribution in [1.82, 2.24) is 10.1 Å². The van der Waals surface area contributed by atoms with E-state index in [1.54, 1.807) is 0 Å². The highest BCUT2D eigenvalue weighted by atomic mass is 35.5. The summed E-state index contributed by atoms with van der Waals surface area (Å²) in [6.45, 7) is 0.0239. The zero-order valence-electron chi connectivity index (χ0n) is 8.56. The molecule has 0 radical (unpaired) electrons. The Morgan fingerprint density at radius 2 is 2.25 bits per heavy atom. The smallest absolute Gasteiger partial charge is 0.231 e. The lowest BCUT2D eigenvalue weighted by Gasteiger charge is -1.96. The molecule has 0 aliphatic carbocycles. The zero-order chi connectivity index (χ0) is 11.4. The van der Waals surface area contributed by atoms with E-state index in [-0.39, 0.29) is 6.61 Å². The molecule has 4 nitrogen and oxygen atoms in total. The largest absolute Gasteiger partial charge is 0.396 e. The first-order valence-corrected chi connectivity index (χ1v) is 5.32. The lowest BCUT2D eigenvalue weighted by molar-refractivity contribution is 0.293. The maximum absolute atomic E-state index is 8.72. The number of aliphatic hydroxyl groups excluding tert-OH is 1. The first-order valence-electron chi connectivity index (χ1n) is 4.94. The summed E-state index contributed by atoms with van der Waals surface area (Å²) >= 11 is 5.87. The Balaban J connectivity index is 2.08. The standard InChI is InChI=1S/C11H11ClN2O2/c12-9-3-1-2-8(6-9)7-11-13-10(4-5-15)14-16-11/h1-3,6,15H,4-5,7H2. The van der Waals surface area contributed by atoms with Crippen LogP contribution in [0.1, 0.15) is 17.3 Å². The molecule has 0 amide bonds. The second kappa shape index (κ2) is 5.09. The Hall–Kier alpha value is -1.39. The normalized spacial score (nSPS) is 10.6. The fourth-order valence-corrected chi connectivity index (χ4v) is 1.60. The van der Waals surface area contributed by atoms with Crippen LogP contribution in [-0.2, 0) is 12.8 Å². The third kappa shape index (κ3) is 2.81. The van der Waals surface area contributed by atoms with Crippen LogP contribution >= 0.6 is 11.6 Å². The van der Waals surface area contributed by atoms with E-state index in [1.807, 2.05) is 24.3 Å². The van der Waals surface area contributed by atoms with Gasteiger partial charge in [-0.05, 0) is 17.7 Å². The lowest BCUT2D eigenvalue weighted by Crippen LogP contribution is -1.93. The van der Waals surface area contributed by atoms with Gasteiger partial charge < -0.3 is 9.63 Å². The number of aromatic nitrogens is 2. The predicted molar refractivity (Wildman–Crippen MR) is 59.3 cm³/mol. The Labute approximate surface area is 97.9 Å². The van der Waals surface area contributed by atoms with Crippen LogP contribution in [0, 0.1) is 0 Å². The third-order valence-corrected chi connectivity index (χ3v) is 2.33. The molecular weight excluding hydrogens is 228 g/mol. The van der Waals surface area contributed by atoms with Gasteiger partial charge in [-0.15, -0.1) is 0 Å². The van der Waals surface area contributed by atoms with Gasteiger partial charge in [0.1, 0.15) is 0 Å². The van der Waals surface area contributed by atoms with Crippen molar-refractivity contribution >= 4 is 11.6 Å². The molecule has 0 fully saturated rings. The molecule has 0 bridgehead atoms. The monoisotopic (exact) mass is 238 g/mol. The first kappa shape index (κ1) is 11.1. The molecule has 2 aromatic rings. The highest BCUT2D eigenvalue weighted by Crippen LogP contribution is 2.13. The van der Waals surface area contributed by atoms with E-state index in [2.05, 4.69) is 10.1 Å². The van der Waals surface area contributed by atoms with E-state index in [1.165, 1.54) is 0 Å². The number of aliphatic hydroxyl groups is 1. The predicted octanol–water partition coefficient (Wildman–Crippen LogP) is 1.85. The van der Waals surface area contributed by atoms with Crippen molar-refractivity contribution in [3.8, 4) is 0 Å². The van der Waals surface area contributed by atoms with Gasteiger partial charge in [0, 0.05) is 11.4 Å². The van der Waals surface area contributed by atoms with Crippen LogP contribution in [0.5, 0.6) is 0 Å². The van der Waals surface area contributed by atoms with Gasteiger partial charge in [0.05, 0.1) is 13.0 Å². The molecule has 5 heteroatoms. The van der Waals surface area contributed by atoms with Crippen LogP contribution in [0.4, 0.5) is 0 Å². The van der Waals surface area contributed by atoms with Gasteiger partial charge in [-0.25, -0.2) is 0 Å². The van der Waals surface area contributed by atoms with Crippen molar-refractivity contribution in [2.75, 3.05) is 6.61 Å². The molecule has 1 aromatic carbocycles. The molecule has 2 rings (SSSR count).